The summed E-state index contributed by atoms with van der Waals surface area (Å²) in [6.07, 6.45) is 1.03. The second-order valence-corrected chi connectivity index (χ2v) is 36.2. The van der Waals surface area contributed by atoms with Gasteiger partial charge in [-0.3, -0.25) is 105 Å². The van der Waals surface area contributed by atoms with E-state index in [9.17, 15) is 122 Å². The number of rotatable bonds is 61. The number of aromatic hydroxyl groups is 2. The van der Waals surface area contributed by atoms with Gasteiger partial charge in [0.2, 0.25) is 59.0 Å². The van der Waals surface area contributed by atoms with Crippen LogP contribution in [0.3, 0.4) is 0 Å². The standard InChI is InChI=1S/C93H131IN21O28.Lu/c1-4-95-92(138)88-105-104-87(67-50-66(60(2)3)72(116)51-73(67)117)115(88)65-20-16-62(17-21-65)52-107-40-43-111(44-41-107)79(123)30-33-99-89(135)68(22-27-81(124)125)101-91(137)70(24-29-83(128)129)102-90(136)69(23-28-82(126)127)100-77(121)59-142-49-48-141-47-34-98-74(118)11-5-6-36-114-54-64(103-106-114)53-112(78(122)13-8-31-96-75(119)12-7-10-61-14-18-63(94)19-15-61)35-9-32-97-76(120)26-25-71(93(139)140)110-42-39-108(56-84(130)131)37-38-109(57-85(132)133)55-80-113(46-45-110)58-86(134)143-80;/h14-21,50-51,54,60,68-71,116-117H,4-13,22-49,52-53,55-59H2,1-3H3,(H,95,138)(H,96,119)(H,97,120)(H,98,118)(H,99,135)(H,100,121)(H,101,137)(H,102,136)(H,124,125)(H,126,127)(H,128,129)(H,130,131)(H,132,133)(H,139,140);/q-1;/t68-,69-,70-,71-;/m1./s1. The van der Waals surface area contributed by atoms with Crippen LogP contribution < -0.4 is 42.5 Å². The maximum Gasteiger partial charge on any atom is 0.320 e. The number of esters is 1. The Bertz CT molecular complexity index is 5120. The van der Waals surface area contributed by atoms with Crippen molar-refractivity contribution in [3.8, 4) is 28.6 Å². The largest absolute Gasteiger partial charge is 0.617 e. The first-order valence-electron chi connectivity index (χ1n) is 47.6. The number of nitrogens with one attached hydrogen (secondary N) is 8. The Morgan fingerprint density at radius 1 is 0.542 bits per heavy atom. The van der Waals surface area contributed by atoms with E-state index in [1.807, 2.05) is 50.2 Å². The molecule has 3 aliphatic heterocycles. The number of hydrogen-bond acceptors (Lipinski definition) is 31. The Labute approximate surface area is 874 Å². The number of halogens is 1. The van der Waals surface area contributed by atoms with E-state index in [2.05, 4.69) is 90.5 Å². The Hall–Kier alpha value is -11.8. The van der Waals surface area contributed by atoms with Crippen LogP contribution in [-0.2, 0) is 117 Å². The number of aromatic nitrogens is 6. The van der Waals surface area contributed by atoms with Crippen LogP contribution in [0.4, 0.5) is 0 Å². The molecule has 4 atom stereocenters. The SMILES string of the molecule is CCNC(=O)c1nnc(-c2cc(C(C)C)c(O)cc2O)n1-c1ccc(CN2CCN(C(=O)CCNC(=O)[C@@H](CCC(=O)O)NC(=O)[C@@H](CCC(=O)O)NC(=O)[C@@H](CCC(=O)O)NC(=O)COCCOCCNC(=O)CCCCn3cc(CN(CCCNC(=O)CC[C@H](C(=O)O)N4CCN(CC(=O)O)CCN(CC(=O)O)C[C-]5OC(=O)CN5CC4)C(=O)CCCNC(=O)CCCc4ccc(I)cc4)nn3)CC2)cc1.[Lu]. The Balaban J connectivity index is 0.0000281. The zero-order valence-electron chi connectivity index (χ0n) is 80.8. The summed E-state index contributed by atoms with van der Waals surface area (Å²) >= 11 is 2.23. The normalized spacial score (nSPS) is 14.9. The molecular formula is C93H131ILuN21O28-. The fourth-order valence-corrected chi connectivity index (χ4v) is 16.3. The van der Waals surface area contributed by atoms with Crippen molar-refractivity contribution in [2.45, 2.75) is 186 Å². The summed E-state index contributed by atoms with van der Waals surface area (Å²) in [5.41, 5.74) is 3.76. The number of carbonyl (C=O) groups excluding carboxylic acids is 11. The molecule has 0 spiro atoms. The van der Waals surface area contributed by atoms with Gasteiger partial charge in [0.25, 0.3) is 11.9 Å². The second kappa shape index (κ2) is 62.8. The summed E-state index contributed by atoms with van der Waals surface area (Å²) in [6, 6.07) is 12.0. The molecule has 3 fully saturated rings. The molecule has 144 heavy (non-hydrogen) atoms. The molecule has 3 aliphatic rings. The number of aryl methyl sites for hydroxylation is 2. The molecule has 2 aromatic heterocycles. The number of ether oxygens (including phenoxy) is 3. The van der Waals surface area contributed by atoms with Gasteiger partial charge >= 0.3 is 35.8 Å². The van der Waals surface area contributed by atoms with Gasteiger partial charge in [0.15, 0.2) is 5.82 Å². The quantitative estimate of drug-likeness (QED) is 0.0106. The number of hydrogen-bond donors (Lipinski definition) is 16. The molecule has 10 amide bonds. The molecule has 16 N–H and O–H groups in total. The van der Waals surface area contributed by atoms with Gasteiger partial charge in [-0.1, -0.05) is 56.1 Å². The summed E-state index contributed by atoms with van der Waals surface area (Å²) in [6.45, 7) is 7.14. The fraction of sp³-hybridized carbons (Fsp3) is 0.570. The van der Waals surface area contributed by atoms with E-state index in [1.54, 1.807) is 60.5 Å². The third kappa shape index (κ3) is 42.5. The molecule has 5 aromatic rings. The molecule has 0 aliphatic carbocycles. The van der Waals surface area contributed by atoms with Gasteiger partial charge in [-0.2, -0.15) is 0 Å². The van der Waals surface area contributed by atoms with Crippen molar-refractivity contribution in [1.82, 2.24) is 107 Å². The van der Waals surface area contributed by atoms with E-state index in [-0.39, 0.29) is 251 Å². The zero-order chi connectivity index (χ0) is 104. The first kappa shape index (κ1) is 119. The van der Waals surface area contributed by atoms with E-state index in [0.717, 1.165) is 21.1 Å². The summed E-state index contributed by atoms with van der Waals surface area (Å²) in [5.74, 6) is -14.6. The number of carboxylic acids is 6. The number of benzene rings is 3. The maximum atomic E-state index is 13.9. The van der Waals surface area contributed by atoms with Gasteiger partial charge in [0.1, 0.15) is 48.0 Å². The van der Waals surface area contributed by atoms with E-state index in [0.29, 0.717) is 94.9 Å². The number of phenolic OH excluding ortho intramolecular Hbond substituents is 2. The van der Waals surface area contributed by atoms with E-state index >= 15 is 0 Å². The molecule has 0 saturated carbocycles. The minimum absolute atomic E-state index is 0. The number of carboxylic acid groups (broad SMARTS) is 6. The third-order valence-corrected chi connectivity index (χ3v) is 24.3. The minimum atomic E-state index is -1.73. The van der Waals surface area contributed by atoms with Crippen molar-refractivity contribution in [3.05, 3.63) is 105 Å². The van der Waals surface area contributed by atoms with Gasteiger partial charge < -0.3 is 117 Å². The van der Waals surface area contributed by atoms with Crippen LogP contribution in [0.15, 0.2) is 66.9 Å². The van der Waals surface area contributed by atoms with Crippen LogP contribution in [0.2, 0.25) is 0 Å². The average molecular weight is 2290 g/mol. The first-order valence-corrected chi connectivity index (χ1v) is 48.7. The van der Waals surface area contributed by atoms with Gasteiger partial charge in [-0.25, -0.2) is 0 Å². The van der Waals surface area contributed by atoms with Gasteiger partial charge in [-0.05, 0) is 153 Å². The van der Waals surface area contributed by atoms with Crippen molar-refractivity contribution < 1.29 is 173 Å². The Kier molecular flexibility index (Phi) is 52.0. The summed E-state index contributed by atoms with van der Waals surface area (Å²) in [5, 5.41) is 118. The monoisotopic (exact) mass is 2290 g/mol. The number of piperazine rings is 1. The topological polar surface area (TPSA) is 660 Å². The fourth-order valence-electron chi connectivity index (χ4n) is 16.0. The predicted octanol–water partition coefficient (Wildman–Crippen LogP) is 0.0586. The molecule has 49 nitrogen and oxygen atoms in total. The minimum Gasteiger partial charge on any atom is -0.617 e. The number of nitrogens with zero attached hydrogens (tertiary/aromatic N) is 13. The molecule has 8 rings (SSSR count). The van der Waals surface area contributed by atoms with Crippen molar-refractivity contribution in [1.29, 1.82) is 0 Å². The Morgan fingerprint density at radius 3 is 1.76 bits per heavy atom. The molecule has 3 saturated heterocycles. The van der Waals surface area contributed by atoms with Crippen LogP contribution in [0.5, 0.6) is 11.5 Å². The molecule has 0 unspecified atom stereocenters. The third-order valence-electron chi connectivity index (χ3n) is 23.6. The smallest absolute Gasteiger partial charge is 0.320 e. The summed E-state index contributed by atoms with van der Waals surface area (Å²) in [4.78, 5) is 230. The van der Waals surface area contributed by atoms with Crippen molar-refractivity contribution in [3.63, 3.8) is 0 Å². The molecular weight excluding hydrogens is 2160 g/mol. The predicted molar refractivity (Wildman–Crippen MR) is 515 cm³/mol. The van der Waals surface area contributed by atoms with Gasteiger partial charge in [-0.15, -0.1) is 15.3 Å². The zero-order valence-corrected chi connectivity index (χ0v) is 84.6. The van der Waals surface area contributed by atoms with Crippen LogP contribution in [0.25, 0.3) is 17.1 Å². The van der Waals surface area contributed by atoms with Crippen molar-refractivity contribution >= 4 is 123 Å². The number of fused-ring (bicyclic) bond motifs is 1. The van der Waals surface area contributed by atoms with Crippen molar-refractivity contribution in [2.24, 2.45) is 0 Å². The van der Waals surface area contributed by atoms with Gasteiger partial charge in [0.05, 0.1) is 57.8 Å². The molecule has 0 bridgehead atoms. The van der Waals surface area contributed by atoms with Crippen LogP contribution in [0.1, 0.15) is 169 Å². The molecule has 51 heteroatoms. The molecule has 5 heterocycles. The van der Waals surface area contributed by atoms with E-state index in [4.69, 9.17) is 14.2 Å². The number of aliphatic carboxylic acids is 6. The van der Waals surface area contributed by atoms with Crippen molar-refractivity contribution in [2.75, 3.05) is 157 Å². The summed E-state index contributed by atoms with van der Waals surface area (Å²) < 4.78 is 20.6. The summed E-state index contributed by atoms with van der Waals surface area (Å²) in [7, 11) is 0. The molecule has 1 radical (unpaired) electrons. The van der Waals surface area contributed by atoms with Gasteiger partial charge in [0, 0.05) is 215 Å². The molecule has 799 valence electrons. The number of phenols is 2. The van der Waals surface area contributed by atoms with Crippen LogP contribution in [0, 0.1) is 46.7 Å². The molecule has 3 aromatic carbocycles. The number of unbranched alkanes of at least 4 members (excludes halogenated alkanes) is 1. The van der Waals surface area contributed by atoms with E-state index in [1.165, 1.54) is 15.5 Å². The van der Waals surface area contributed by atoms with Crippen LogP contribution in [-0.4, -0.2) is 387 Å². The number of amides is 10. The second-order valence-electron chi connectivity index (χ2n) is 34.9. The van der Waals surface area contributed by atoms with Crippen LogP contribution >= 0.6 is 22.6 Å². The Morgan fingerprint density at radius 2 is 1.12 bits per heavy atom. The first-order chi connectivity index (χ1) is 68.4. The maximum absolute atomic E-state index is 13.9. The number of carbonyl (C=O) groups is 17. The average Bonchev–Trinajstić information content (AvgIpc) is 1.64. The van der Waals surface area contributed by atoms with E-state index < -0.39 is 160 Å².